The van der Waals surface area contributed by atoms with Crippen molar-refractivity contribution in [1.29, 1.82) is 0 Å². The summed E-state index contributed by atoms with van der Waals surface area (Å²) in [4.78, 5) is 14.1. The number of rotatable bonds is 3. The third-order valence-corrected chi connectivity index (χ3v) is 6.55. The minimum Gasteiger partial charge on any atom is -0.343 e. The molecular formula is C14H25NO3S. The molecule has 1 saturated heterocycles. The number of hydrogen-bond donors (Lipinski definition) is 0. The Bertz CT molecular complexity index is 424. The Morgan fingerprint density at radius 1 is 1.16 bits per heavy atom. The molecule has 0 bridgehead atoms. The van der Waals surface area contributed by atoms with Crippen LogP contribution in [0.5, 0.6) is 0 Å². The van der Waals surface area contributed by atoms with Crippen LogP contribution in [0, 0.1) is 11.8 Å². The van der Waals surface area contributed by atoms with Crippen molar-refractivity contribution in [3.8, 4) is 0 Å². The Balaban J connectivity index is 1.83. The van der Waals surface area contributed by atoms with Gasteiger partial charge >= 0.3 is 0 Å². The first kappa shape index (κ1) is 14.8. The molecule has 1 atom stereocenters. The van der Waals surface area contributed by atoms with Crippen molar-refractivity contribution in [2.24, 2.45) is 11.8 Å². The smallest absolute Gasteiger partial charge is 0.222 e. The zero-order chi connectivity index (χ0) is 14.0. The molecule has 2 aliphatic rings. The van der Waals surface area contributed by atoms with Gasteiger partial charge in [0.25, 0.3) is 0 Å². The fraction of sp³-hybridized carbons (Fsp3) is 0.929. The van der Waals surface area contributed by atoms with Gasteiger partial charge in [0.1, 0.15) is 0 Å². The Kier molecular flexibility index (Phi) is 4.54. The molecule has 0 N–H and O–H groups in total. The molecule has 5 heteroatoms. The summed E-state index contributed by atoms with van der Waals surface area (Å²) in [6, 6.07) is 0.363. The van der Waals surface area contributed by atoms with Crippen LogP contribution < -0.4 is 0 Å². The summed E-state index contributed by atoms with van der Waals surface area (Å²) in [5.41, 5.74) is 0. The van der Waals surface area contributed by atoms with Gasteiger partial charge in [-0.15, -0.1) is 0 Å². The molecule has 1 saturated carbocycles. The monoisotopic (exact) mass is 287 g/mol. The average Bonchev–Trinajstić information content (AvgIpc) is 2.68. The molecule has 110 valence electrons. The molecule has 0 aromatic heterocycles. The number of amides is 1. The maximum Gasteiger partial charge on any atom is 0.222 e. The zero-order valence-electron chi connectivity index (χ0n) is 12.0. The molecule has 1 aliphatic carbocycles. The average molecular weight is 287 g/mol. The van der Waals surface area contributed by atoms with Gasteiger partial charge in [-0.1, -0.05) is 6.92 Å². The lowest BCUT2D eigenvalue weighted by Crippen LogP contribution is -2.40. The lowest BCUT2D eigenvalue weighted by molar-refractivity contribution is -0.133. The lowest BCUT2D eigenvalue weighted by atomic mass is 9.86. The summed E-state index contributed by atoms with van der Waals surface area (Å²) in [5.74, 6) is 1.41. The summed E-state index contributed by atoms with van der Waals surface area (Å²) in [6.45, 7) is 2.27. The van der Waals surface area contributed by atoms with E-state index in [0.29, 0.717) is 18.9 Å². The van der Waals surface area contributed by atoms with Crippen molar-refractivity contribution >= 4 is 15.7 Å². The van der Waals surface area contributed by atoms with Gasteiger partial charge in [0.15, 0.2) is 9.84 Å². The topological polar surface area (TPSA) is 54.5 Å². The first-order chi connectivity index (χ1) is 8.87. The highest BCUT2D eigenvalue weighted by molar-refractivity contribution is 7.91. The fourth-order valence-electron chi connectivity index (χ4n) is 3.26. The largest absolute Gasteiger partial charge is 0.343 e. The van der Waals surface area contributed by atoms with Crippen LogP contribution in [0.4, 0.5) is 0 Å². The van der Waals surface area contributed by atoms with E-state index < -0.39 is 9.84 Å². The van der Waals surface area contributed by atoms with E-state index in [-0.39, 0.29) is 23.3 Å². The summed E-state index contributed by atoms with van der Waals surface area (Å²) in [5, 5.41) is 0. The molecule has 1 heterocycles. The van der Waals surface area contributed by atoms with E-state index in [4.69, 9.17) is 0 Å². The van der Waals surface area contributed by atoms with Gasteiger partial charge in [0.2, 0.25) is 5.91 Å². The Hall–Kier alpha value is -0.580. The van der Waals surface area contributed by atoms with E-state index in [1.165, 1.54) is 12.8 Å². The lowest BCUT2D eigenvalue weighted by Gasteiger charge is -2.34. The van der Waals surface area contributed by atoms with Gasteiger partial charge < -0.3 is 4.90 Å². The summed E-state index contributed by atoms with van der Waals surface area (Å²) in [6.07, 6.45) is 5.63. The van der Waals surface area contributed by atoms with Crippen LogP contribution in [0.25, 0.3) is 0 Å². The number of hydrogen-bond acceptors (Lipinski definition) is 3. The third-order valence-electron chi connectivity index (χ3n) is 4.72. The molecule has 4 nitrogen and oxygen atoms in total. The van der Waals surface area contributed by atoms with Gasteiger partial charge in [-0.25, -0.2) is 8.42 Å². The van der Waals surface area contributed by atoms with Crippen molar-refractivity contribution in [2.45, 2.75) is 51.5 Å². The zero-order valence-corrected chi connectivity index (χ0v) is 12.8. The van der Waals surface area contributed by atoms with Gasteiger partial charge in [-0.3, -0.25) is 4.79 Å². The molecule has 0 aromatic carbocycles. The second kappa shape index (κ2) is 5.81. The Morgan fingerprint density at radius 2 is 1.79 bits per heavy atom. The van der Waals surface area contributed by atoms with Gasteiger partial charge in [-0.2, -0.15) is 0 Å². The van der Waals surface area contributed by atoms with E-state index in [9.17, 15) is 13.2 Å². The van der Waals surface area contributed by atoms with Crippen molar-refractivity contribution in [2.75, 3.05) is 18.6 Å². The van der Waals surface area contributed by atoms with Crippen molar-refractivity contribution in [1.82, 2.24) is 4.90 Å². The molecule has 0 spiro atoms. The predicted octanol–water partition coefficient (Wildman–Crippen LogP) is 1.85. The third kappa shape index (κ3) is 3.94. The second-order valence-electron chi connectivity index (χ2n) is 6.39. The maximum atomic E-state index is 12.2. The Labute approximate surface area is 116 Å². The van der Waals surface area contributed by atoms with Crippen molar-refractivity contribution in [3.63, 3.8) is 0 Å². The molecule has 1 unspecified atom stereocenters. The number of nitrogens with zero attached hydrogens (tertiary/aromatic N) is 1. The van der Waals surface area contributed by atoms with Crippen molar-refractivity contribution in [3.05, 3.63) is 0 Å². The molecule has 19 heavy (non-hydrogen) atoms. The van der Waals surface area contributed by atoms with Crippen LogP contribution >= 0.6 is 0 Å². The van der Waals surface area contributed by atoms with Gasteiger partial charge in [0.05, 0.1) is 11.5 Å². The highest BCUT2D eigenvalue weighted by Gasteiger charge is 2.32. The number of carbonyl (C=O) groups is 1. The van der Waals surface area contributed by atoms with Crippen LogP contribution in [0.3, 0.4) is 0 Å². The van der Waals surface area contributed by atoms with E-state index in [0.717, 1.165) is 18.8 Å². The molecule has 1 aliphatic heterocycles. The molecule has 2 rings (SSSR count). The highest BCUT2D eigenvalue weighted by Crippen LogP contribution is 2.28. The summed E-state index contributed by atoms with van der Waals surface area (Å²) in [7, 11) is -0.988. The van der Waals surface area contributed by atoms with Crippen LogP contribution in [0.1, 0.15) is 45.4 Å². The molecule has 0 aromatic rings. The molecule has 1 amide bonds. The molecule has 2 fully saturated rings. The van der Waals surface area contributed by atoms with E-state index in [1.807, 2.05) is 11.9 Å². The van der Waals surface area contributed by atoms with Crippen LogP contribution in [0.2, 0.25) is 0 Å². The molecular weight excluding hydrogens is 262 g/mol. The van der Waals surface area contributed by atoms with Crippen molar-refractivity contribution < 1.29 is 13.2 Å². The first-order valence-corrected chi connectivity index (χ1v) is 9.15. The van der Waals surface area contributed by atoms with E-state index in [2.05, 4.69) is 6.92 Å². The highest BCUT2D eigenvalue weighted by atomic mass is 32.2. The summed E-state index contributed by atoms with van der Waals surface area (Å²) < 4.78 is 22.8. The SMILES string of the molecule is CC1CCC(N(C)C(=O)CC2CCS(=O)(=O)C2)CC1. The van der Waals surface area contributed by atoms with Gasteiger partial charge in [0, 0.05) is 19.5 Å². The summed E-state index contributed by atoms with van der Waals surface area (Å²) >= 11 is 0. The fourth-order valence-corrected chi connectivity index (χ4v) is 5.12. The van der Waals surface area contributed by atoms with Crippen LogP contribution in [0.15, 0.2) is 0 Å². The van der Waals surface area contributed by atoms with Crippen LogP contribution in [-0.2, 0) is 14.6 Å². The van der Waals surface area contributed by atoms with Gasteiger partial charge in [-0.05, 0) is 43.9 Å². The first-order valence-electron chi connectivity index (χ1n) is 7.33. The predicted molar refractivity (Wildman–Crippen MR) is 75.6 cm³/mol. The number of carbonyl (C=O) groups excluding carboxylic acids is 1. The standard InChI is InChI=1S/C14H25NO3S/c1-11-3-5-13(6-4-11)15(2)14(16)9-12-7-8-19(17,18)10-12/h11-13H,3-10H2,1-2H3. The van der Waals surface area contributed by atoms with E-state index >= 15 is 0 Å². The quantitative estimate of drug-likeness (QED) is 0.796. The van der Waals surface area contributed by atoms with Crippen LogP contribution in [-0.4, -0.2) is 43.8 Å². The van der Waals surface area contributed by atoms with E-state index in [1.54, 1.807) is 0 Å². The minimum absolute atomic E-state index is 0.0439. The Morgan fingerprint density at radius 3 is 2.32 bits per heavy atom. The normalized spacial score (nSPS) is 34.1. The molecule has 0 radical (unpaired) electrons. The second-order valence-corrected chi connectivity index (χ2v) is 8.62. The maximum absolute atomic E-state index is 12.2. The minimum atomic E-state index is -2.87. The number of sulfone groups is 1.